The van der Waals surface area contributed by atoms with Crippen LogP contribution in [0.5, 0.6) is 11.5 Å². The van der Waals surface area contributed by atoms with Gasteiger partial charge in [0.05, 0.1) is 19.3 Å². The molecule has 1 aromatic heterocycles. The summed E-state index contributed by atoms with van der Waals surface area (Å²) in [6.07, 6.45) is 0.893. The van der Waals surface area contributed by atoms with Crippen molar-refractivity contribution in [1.82, 2.24) is 0 Å². The van der Waals surface area contributed by atoms with E-state index < -0.39 is 0 Å². The Morgan fingerprint density at radius 1 is 1.10 bits per heavy atom. The van der Waals surface area contributed by atoms with Gasteiger partial charge in [-0.15, -0.1) is 11.3 Å². The summed E-state index contributed by atoms with van der Waals surface area (Å²) < 4.78 is 13.4. The van der Waals surface area contributed by atoms with E-state index in [1.165, 1.54) is 0 Å². The average molecular weight is 419 g/mol. The summed E-state index contributed by atoms with van der Waals surface area (Å²) in [5.41, 5.74) is 7.39. The molecule has 0 bridgehead atoms. The second kappa shape index (κ2) is 6.05. The molecular formula is C14H13Br2NO2S. The maximum atomic E-state index is 6.39. The first-order valence-corrected chi connectivity index (χ1v) is 8.71. The van der Waals surface area contributed by atoms with E-state index in [2.05, 4.69) is 31.9 Å². The summed E-state index contributed by atoms with van der Waals surface area (Å²) in [6, 6.07) is 5.73. The minimum absolute atomic E-state index is 0.198. The maximum Gasteiger partial charge on any atom is 0.162 e. The molecule has 0 amide bonds. The number of ether oxygens (including phenoxy) is 2. The molecule has 0 radical (unpaired) electrons. The van der Waals surface area contributed by atoms with E-state index in [-0.39, 0.29) is 6.04 Å². The summed E-state index contributed by atoms with van der Waals surface area (Å²) in [7, 11) is 0. The van der Waals surface area contributed by atoms with Crippen molar-refractivity contribution >= 4 is 43.2 Å². The van der Waals surface area contributed by atoms with Crippen molar-refractivity contribution in [3.8, 4) is 11.5 Å². The van der Waals surface area contributed by atoms with Crippen molar-refractivity contribution in [2.45, 2.75) is 12.5 Å². The van der Waals surface area contributed by atoms with Gasteiger partial charge in [-0.3, -0.25) is 0 Å². The zero-order valence-corrected chi connectivity index (χ0v) is 14.6. The average Bonchev–Trinajstić information content (AvgIpc) is 2.72. The number of fused-ring (bicyclic) bond motifs is 1. The Morgan fingerprint density at radius 3 is 2.45 bits per heavy atom. The molecule has 2 heterocycles. The van der Waals surface area contributed by atoms with Crippen molar-refractivity contribution in [1.29, 1.82) is 0 Å². The van der Waals surface area contributed by atoms with Crippen molar-refractivity contribution in [2.24, 2.45) is 5.73 Å². The molecule has 1 aliphatic heterocycles. The second-order valence-corrected chi connectivity index (χ2v) is 7.14. The molecule has 0 spiro atoms. The summed E-state index contributed by atoms with van der Waals surface area (Å²) in [6.45, 7) is 1.35. The van der Waals surface area contributed by atoms with Crippen LogP contribution < -0.4 is 15.2 Å². The molecule has 0 fully saturated rings. The molecule has 0 aliphatic carbocycles. The Bertz CT molecular complexity index is 630. The van der Waals surface area contributed by atoms with Crippen LogP contribution in [0, 0.1) is 0 Å². The lowest BCUT2D eigenvalue weighted by molar-refractivity contribution is 0.297. The first kappa shape index (κ1) is 14.4. The third-order valence-corrected chi connectivity index (χ3v) is 5.77. The SMILES string of the molecule is NC(c1cc2c(cc1Br)OCCCO2)c1sccc1Br. The molecule has 1 unspecified atom stereocenters. The van der Waals surface area contributed by atoms with Crippen LogP contribution in [0.1, 0.15) is 22.9 Å². The second-order valence-electron chi connectivity index (χ2n) is 4.48. The Labute approximate surface area is 138 Å². The molecule has 20 heavy (non-hydrogen) atoms. The maximum absolute atomic E-state index is 6.39. The number of thiophene rings is 1. The highest BCUT2D eigenvalue weighted by molar-refractivity contribution is 9.10. The third-order valence-electron chi connectivity index (χ3n) is 3.13. The zero-order chi connectivity index (χ0) is 14.1. The van der Waals surface area contributed by atoms with E-state index in [0.717, 1.165) is 37.3 Å². The van der Waals surface area contributed by atoms with Crippen LogP contribution in [0.4, 0.5) is 0 Å². The highest BCUT2D eigenvalue weighted by Crippen LogP contribution is 2.40. The van der Waals surface area contributed by atoms with Gasteiger partial charge in [-0.2, -0.15) is 0 Å². The van der Waals surface area contributed by atoms with E-state index in [9.17, 15) is 0 Å². The van der Waals surface area contributed by atoms with Gasteiger partial charge in [0, 0.05) is 20.2 Å². The third kappa shape index (κ3) is 2.74. The summed E-state index contributed by atoms with van der Waals surface area (Å²) in [4.78, 5) is 1.10. The van der Waals surface area contributed by atoms with Crippen molar-refractivity contribution in [3.63, 3.8) is 0 Å². The van der Waals surface area contributed by atoms with E-state index >= 15 is 0 Å². The monoisotopic (exact) mass is 417 g/mol. The van der Waals surface area contributed by atoms with Crippen LogP contribution in [0.15, 0.2) is 32.5 Å². The van der Waals surface area contributed by atoms with Gasteiger partial charge in [0.1, 0.15) is 0 Å². The van der Waals surface area contributed by atoms with Gasteiger partial charge in [0.2, 0.25) is 0 Å². The molecular weight excluding hydrogens is 406 g/mol. The van der Waals surface area contributed by atoms with E-state index in [1.807, 2.05) is 23.6 Å². The Kier molecular flexibility index (Phi) is 4.35. The minimum atomic E-state index is -0.198. The molecule has 1 aromatic carbocycles. The Hall–Kier alpha value is -0.560. The van der Waals surface area contributed by atoms with Gasteiger partial charge in [-0.25, -0.2) is 0 Å². The number of rotatable bonds is 2. The zero-order valence-electron chi connectivity index (χ0n) is 10.6. The molecule has 0 saturated carbocycles. The molecule has 3 rings (SSSR count). The molecule has 1 aliphatic rings. The minimum Gasteiger partial charge on any atom is -0.490 e. The van der Waals surface area contributed by atoms with Gasteiger partial charge < -0.3 is 15.2 Å². The molecule has 1 atom stereocenters. The van der Waals surface area contributed by atoms with Crippen LogP contribution in [0.2, 0.25) is 0 Å². The van der Waals surface area contributed by atoms with Gasteiger partial charge in [0.25, 0.3) is 0 Å². The number of benzene rings is 1. The van der Waals surface area contributed by atoms with E-state index in [0.29, 0.717) is 13.2 Å². The fourth-order valence-corrected chi connectivity index (χ4v) is 4.31. The number of hydrogen-bond acceptors (Lipinski definition) is 4. The summed E-state index contributed by atoms with van der Waals surface area (Å²) in [5, 5.41) is 2.02. The lowest BCUT2D eigenvalue weighted by Crippen LogP contribution is -2.12. The highest BCUT2D eigenvalue weighted by Gasteiger charge is 2.20. The first-order chi connectivity index (χ1) is 9.66. The Balaban J connectivity index is 2.01. The standard InChI is InChI=1S/C14H13Br2NO2S/c15-9-2-5-20-14(9)13(17)8-6-11-12(7-10(8)16)19-4-1-3-18-11/h2,5-7,13H,1,3-4,17H2. The number of halogens is 2. The van der Waals surface area contributed by atoms with Gasteiger partial charge in [-0.05, 0) is 45.1 Å². The van der Waals surface area contributed by atoms with Crippen molar-refractivity contribution in [3.05, 3.63) is 43.0 Å². The van der Waals surface area contributed by atoms with Crippen molar-refractivity contribution in [2.75, 3.05) is 13.2 Å². The molecule has 2 aromatic rings. The van der Waals surface area contributed by atoms with Gasteiger partial charge in [0.15, 0.2) is 11.5 Å². The van der Waals surface area contributed by atoms with Crippen LogP contribution in [-0.2, 0) is 0 Å². The molecule has 0 saturated heterocycles. The van der Waals surface area contributed by atoms with E-state index in [1.54, 1.807) is 11.3 Å². The molecule has 6 heteroatoms. The molecule has 2 N–H and O–H groups in total. The van der Waals surface area contributed by atoms with Crippen molar-refractivity contribution < 1.29 is 9.47 Å². The molecule has 106 valence electrons. The topological polar surface area (TPSA) is 44.5 Å². The van der Waals surface area contributed by atoms with Crippen LogP contribution in [0.3, 0.4) is 0 Å². The number of hydrogen-bond donors (Lipinski definition) is 1. The Morgan fingerprint density at radius 2 is 1.80 bits per heavy atom. The normalized spacial score (nSPS) is 15.8. The predicted octanol–water partition coefficient (Wildman–Crippen LogP) is 4.48. The quantitative estimate of drug-likeness (QED) is 0.781. The lowest BCUT2D eigenvalue weighted by atomic mass is 10.1. The summed E-state index contributed by atoms with van der Waals surface area (Å²) in [5.74, 6) is 1.54. The largest absolute Gasteiger partial charge is 0.490 e. The predicted molar refractivity (Wildman–Crippen MR) is 87.8 cm³/mol. The number of nitrogens with two attached hydrogens (primary N) is 1. The molecule has 3 nitrogen and oxygen atoms in total. The van der Waals surface area contributed by atoms with Crippen LogP contribution in [0.25, 0.3) is 0 Å². The van der Waals surface area contributed by atoms with E-state index in [4.69, 9.17) is 15.2 Å². The smallest absolute Gasteiger partial charge is 0.162 e. The van der Waals surface area contributed by atoms with Gasteiger partial charge >= 0.3 is 0 Å². The van der Waals surface area contributed by atoms with Crippen LogP contribution in [-0.4, -0.2) is 13.2 Å². The fraction of sp³-hybridized carbons (Fsp3) is 0.286. The summed E-state index contributed by atoms with van der Waals surface area (Å²) >= 11 is 8.76. The highest BCUT2D eigenvalue weighted by atomic mass is 79.9. The fourth-order valence-electron chi connectivity index (χ4n) is 2.11. The van der Waals surface area contributed by atoms with Gasteiger partial charge in [-0.1, -0.05) is 15.9 Å². The first-order valence-electron chi connectivity index (χ1n) is 6.24. The lowest BCUT2D eigenvalue weighted by Gasteiger charge is -2.16. The van der Waals surface area contributed by atoms with Crippen LogP contribution >= 0.6 is 43.2 Å².